The van der Waals surface area contributed by atoms with Gasteiger partial charge in [-0.3, -0.25) is 4.79 Å². The van der Waals surface area contributed by atoms with Gasteiger partial charge in [0.2, 0.25) is 0 Å². The normalized spacial score (nSPS) is 24.0. The number of ether oxygens (including phenoxy) is 1. The fraction of sp³-hybridized carbons (Fsp3) is 0.385. The van der Waals surface area contributed by atoms with Crippen molar-refractivity contribution in [2.24, 2.45) is 5.41 Å². The molecule has 1 aliphatic carbocycles. The first-order chi connectivity index (χ1) is 14.9. The van der Waals surface area contributed by atoms with Gasteiger partial charge in [-0.05, 0) is 66.5 Å². The van der Waals surface area contributed by atoms with Gasteiger partial charge in [-0.25, -0.2) is 4.98 Å². The van der Waals surface area contributed by atoms with Gasteiger partial charge in [0.1, 0.15) is 0 Å². The summed E-state index contributed by atoms with van der Waals surface area (Å²) < 4.78 is 5.88. The molecule has 1 aromatic heterocycles. The molecule has 2 aromatic rings. The highest BCUT2D eigenvalue weighted by atomic mass is 16.5. The lowest BCUT2D eigenvalue weighted by Gasteiger charge is -2.30. The van der Waals surface area contributed by atoms with E-state index in [-0.39, 0.29) is 18.1 Å². The van der Waals surface area contributed by atoms with E-state index in [1.54, 1.807) is 6.20 Å². The van der Waals surface area contributed by atoms with Crippen LogP contribution in [0.4, 0.5) is 5.69 Å². The Morgan fingerprint density at radius 2 is 2.13 bits per heavy atom. The summed E-state index contributed by atoms with van der Waals surface area (Å²) in [6, 6.07) is 6.38. The maximum absolute atomic E-state index is 12.8. The SMILES string of the molecule is Cc1cnc(C(=O)Nc2ccc(C3=C[C@@H]4C=C[C@H](C3)O4)cc2C2=CCC(C)(C)CC2)[nH]1. The molecule has 5 nitrogen and oxygen atoms in total. The van der Waals surface area contributed by atoms with Crippen molar-refractivity contribution in [3.63, 3.8) is 0 Å². The van der Waals surface area contributed by atoms with Gasteiger partial charge in [-0.15, -0.1) is 0 Å². The quantitative estimate of drug-likeness (QED) is 0.632. The molecule has 1 amide bonds. The number of imidazole rings is 1. The molecule has 0 fully saturated rings. The van der Waals surface area contributed by atoms with Crippen molar-refractivity contribution in [2.45, 2.75) is 58.7 Å². The van der Waals surface area contributed by atoms with Crippen molar-refractivity contribution >= 4 is 22.7 Å². The van der Waals surface area contributed by atoms with Crippen LogP contribution in [0.5, 0.6) is 0 Å². The van der Waals surface area contributed by atoms with E-state index in [1.807, 2.05) is 13.0 Å². The minimum atomic E-state index is -0.216. The van der Waals surface area contributed by atoms with Gasteiger partial charge < -0.3 is 15.0 Å². The van der Waals surface area contributed by atoms with E-state index < -0.39 is 0 Å². The fourth-order valence-corrected chi connectivity index (χ4v) is 4.58. The number of hydrogen-bond donors (Lipinski definition) is 2. The average Bonchev–Trinajstić information content (AvgIpc) is 3.33. The lowest BCUT2D eigenvalue weighted by atomic mass is 9.76. The third-order valence-corrected chi connectivity index (χ3v) is 6.51. The van der Waals surface area contributed by atoms with Crippen LogP contribution in [0, 0.1) is 12.3 Å². The Hall–Kier alpha value is -2.92. The number of anilines is 1. The van der Waals surface area contributed by atoms with Crippen molar-refractivity contribution in [2.75, 3.05) is 5.32 Å². The molecule has 5 rings (SSSR count). The third-order valence-electron chi connectivity index (χ3n) is 6.51. The first-order valence-corrected chi connectivity index (χ1v) is 11.1. The summed E-state index contributed by atoms with van der Waals surface area (Å²) in [7, 11) is 0. The summed E-state index contributed by atoms with van der Waals surface area (Å²) in [5, 5.41) is 3.09. The van der Waals surface area contributed by atoms with Crippen molar-refractivity contribution < 1.29 is 9.53 Å². The van der Waals surface area contributed by atoms with Crippen LogP contribution in [0.1, 0.15) is 67.0 Å². The van der Waals surface area contributed by atoms with Crippen LogP contribution >= 0.6 is 0 Å². The summed E-state index contributed by atoms with van der Waals surface area (Å²) in [5.74, 6) is 0.118. The standard InChI is InChI=1S/C26H29N3O2/c1-16-15-27-24(28-16)25(30)29-23-7-4-18(19-12-20-5-6-21(13-19)31-20)14-22(23)17-8-10-26(2,3)11-9-17/h4-8,12,14-15,20-21H,9-11,13H2,1-3H3,(H,27,28)(H,29,30)/t20-,21+/m0/s1. The molecular weight excluding hydrogens is 386 g/mol. The zero-order chi connectivity index (χ0) is 21.6. The molecule has 1 aromatic carbocycles. The Bertz CT molecular complexity index is 1120. The Kier molecular flexibility index (Phi) is 4.94. The number of hydrogen-bond acceptors (Lipinski definition) is 3. The van der Waals surface area contributed by atoms with E-state index in [4.69, 9.17) is 4.74 Å². The number of H-pyrrole nitrogens is 1. The number of aryl methyl sites for hydroxylation is 1. The molecule has 0 unspecified atom stereocenters. The first kappa shape index (κ1) is 20.0. The van der Waals surface area contributed by atoms with Crippen LogP contribution in [0.25, 0.3) is 11.1 Å². The number of rotatable bonds is 4. The second-order valence-corrected chi connectivity index (χ2v) is 9.65. The monoisotopic (exact) mass is 415 g/mol. The van der Waals surface area contributed by atoms with Crippen LogP contribution in [0.15, 0.2) is 48.7 Å². The first-order valence-electron chi connectivity index (χ1n) is 11.1. The number of benzene rings is 1. The molecule has 5 heteroatoms. The van der Waals surface area contributed by atoms with E-state index >= 15 is 0 Å². The molecule has 0 spiro atoms. The van der Waals surface area contributed by atoms with E-state index in [1.165, 1.54) is 16.7 Å². The Labute approximate surface area is 183 Å². The molecule has 2 bridgehead atoms. The molecule has 31 heavy (non-hydrogen) atoms. The van der Waals surface area contributed by atoms with Crippen molar-refractivity contribution in [3.05, 3.63) is 71.3 Å². The van der Waals surface area contributed by atoms with Gasteiger partial charge >= 0.3 is 0 Å². The summed E-state index contributed by atoms with van der Waals surface area (Å²) in [6.45, 7) is 6.52. The van der Waals surface area contributed by atoms with Gasteiger partial charge in [0.05, 0.1) is 12.2 Å². The number of aromatic amines is 1. The van der Waals surface area contributed by atoms with Gasteiger partial charge in [0.15, 0.2) is 5.82 Å². The van der Waals surface area contributed by atoms with Crippen molar-refractivity contribution in [1.82, 2.24) is 9.97 Å². The number of fused-ring (bicyclic) bond motifs is 2. The molecule has 2 atom stereocenters. The minimum absolute atomic E-state index is 0.0773. The maximum Gasteiger partial charge on any atom is 0.291 e. The van der Waals surface area contributed by atoms with Crippen LogP contribution in [0.3, 0.4) is 0 Å². The van der Waals surface area contributed by atoms with E-state index in [2.05, 4.69) is 65.6 Å². The predicted molar refractivity (Wildman–Crippen MR) is 124 cm³/mol. The fourth-order valence-electron chi connectivity index (χ4n) is 4.58. The Morgan fingerprint density at radius 1 is 1.26 bits per heavy atom. The smallest absolute Gasteiger partial charge is 0.291 e. The van der Waals surface area contributed by atoms with Crippen LogP contribution in [0.2, 0.25) is 0 Å². The van der Waals surface area contributed by atoms with Crippen LogP contribution < -0.4 is 5.32 Å². The lowest BCUT2D eigenvalue weighted by Crippen LogP contribution is -2.18. The molecule has 0 radical (unpaired) electrons. The number of nitrogens with zero attached hydrogens (tertiary/aromatic N) is 1. The Balaban J connectivity index is 1.49. The lowest BCUT2D eigenvalue weighted by molar-refractivity contribution is 0.0829. The number of allylic oxidation sites excluding steroid dienone is 2. The highest BCUT2D eigenvalue weighted by molar-refractivity contribution is 6.03. The van der Waals surface area contributed by atoms with Gasteiger partial charge in [0, 0.05) is 29.6 Å². The molecule has 160 valence electrons. The number of carbonyl (C=O) groups excluding carboxylic acids is 1. The summed E-state index contributed by atoms with van der Waals surface area (Å²) in [6.07, 6.45) is 14.8. The molecule has 3 aliphatic rings. The number of carbonyl (C=O) groups is 1. The van der Waals surface area contributed by atoms with E-state index in [9.17, 15) is 4.79 Å². The molecule has 0 saturated heterocycles. The maximum atomic E-state index is 12.8. The Morgan fingerprint density at radius 3 is 2.84 bits per heavy atom. The number of amides is 1. The summed E-state index contributed by atoms with van der Waals surface area (Å²) in [4.78, 5) is 20.0. The zero-order valence-electron chi connectivity index (χ0n) is 18.4. The minimum Gasteiger partial charge on any atom is -0.362 e. The predicted octanol–water partition coefficient (Wildman–Crippen LogP) is 5.67. The summed E-state index contributed by atoms with van der Waals surface area (Å²) >= 11 is 0. The molecule has 0 saturated carbocycles. The highest BCUT2D eigenvalue weighted by Gasteiger charge is 2.27. The van der Waals surface area contributed by atoms with Crippen LogP contribution in [-0.2, 0) is 4.74 Å². The summed E-state index contributed by atoms with van der Waals surface area (Å²) in [5.41, 5.74) is 6.95. The molecule has 3 heterocycles. The molecule has 2 aliphatic heterocycles. The van der Waals surface area contributed by atoms with Gasteiger partial charge in [-0.1, -0.05) is 38.1 Å². The number of nitrogens with one attached hydrogen (secondary N) is 2. The van der Waals surface area contributed by atoms with E-state index in [0.29, 0.717) is 11.2 Å². The average molecular weight is 416 g/mol. The van der Waals surface area contributed by atoms with Crippen molar-refractivity contribution in [1.29, 1.82) is 0 Å². The highest BCUT2D eigenvalue weighted by Crippen LogP contribution is 2.41. The van der Waals surface area contributed by atoms with E-state index in [0.717, 1.165) is 42.6 Å². The second kappa shape index (κ2) is 7.65. The molecular formula is C26H29N3O2. The van der Waals surface area contributed by atoms with Gasteiger partial charge in [0.25, 0.3) is 5.91 Å². The third kappa shape index (κ3) is 4.15. The zero-order valence-corrected chi connectivity index (χ0v) is 18.4. The second-order valence-electron chi connectivity index (χ2n) is 9.65. The topological polar surface area (TPSA) is 67.0 Å². The van der Waals surface area contributed by atoms with Gasteiger partial charge in [-0.2, -0.15) is 0 Å². The number of aromatic nitrogens is 2. The largest absolute Gasteiger partial charge is 0.362 e. The van der Waals surface area contributed by atoms with Crippen molar-refractivity contribution in [3.8, 4) is 0 Å². The van der Waals surface area contributed by atoms with Crippen LogP contribution in [-0.4, -0.2) is 28.1 Å². The molecule has 2 N–H and O–H groups in total.